The van der Waals surface area contributed by atoms with E-state index in [4.69, 9.17) is 0 Å². The van der Waals surface area contributed by atoms with Crippen molar-refractivity contribution < 1.29 is 13.2 Å². The Morgan fingerprint density at radius 3 is 2.94 bits per heavy atom. The molecule has 0 aromatic carbocycles. The predicted molar refractivity (Wildman–Crippen MR) is 72.4 cm³/mol. The van der Waals surface area contributed by atoms with Gasteiger partial charge in [0.25, 0.3) is 0 Å². The summed E-state index contributed by atoms with van der Waals surface area (Å²) < 4.78 is 24.5. The van der Waals surface area contributed by atoms with Gasteiger partial charge in [0.1, 0.15) is 0 Å². The fraction of sp³-hybridized carbons (Fsp3) is 0.583. The van der Waals surface area contributed by atoms with Crippen molar-refractivity contribution in [2.45, 2.75) is 19.3 Å². The van der Waals surface area contributed by atoms with Gasteiger partial charge in [0.05, 0.1) is 11.1 Å². The van der Waals surface area contributed by atoms with Crippen molar-refractivity contribution in [2.24, 2.45) is 5.92 Å². The number of hydrogen-bond acceptors (Lipinski definition) is 4. The summed E-state index contributed by atoms with van der Waals surface area (Å²) in [5.41, 5.74) is 0. The second-order valence-corrected chi connectivity index (χ2v) is 7.66. The Kier molecular flexibility index (Phi) is 4.19. The van der Waals surface area contributed by atoms with E-state index in [1.807, 2.05) is 17.5 Å². The maximum Gasteiger partial charge on any atom is 0.211 e. The van der Waals surface area contributed by atoms with Gasteiger partial charge in [-0.25, -0.2) is 12.7 Å². The standard InChI is InChI=1S/C12H17NO3S2/c1-18(15,16)13-6-2-4-10(9-13)8-11(14)12-5-3-7-17-12/h3,5,7,10H,2,4,6,8-9H2,1H3. The Morgan fingerprint density at radius 2 is 2.33 bits per heavy atom. The van der Waals surface area contributed by atoms with Crippen molar-refractivity contribution in [3.05, 3.63) is 22.4 Å². The van der Waals surface area contributed by atoms with Crippen LogP contribution >= 0.6 is 11.3 Å². The summed E-state index contributed by atoms with van der Waals surface area (Å²) in [6.45, 7) is 1.07. The molecule has 1 aliphatic rings. The molecule has 4 nitrogen and oxygen atoms in total. The van der Waals surface area contributed by atoms with Gasteiger partial charge in [-0.3, -0.25) is 4.79 Å². The number of ketones is 1. The Morgan fingerprint density at radius 1 is 1.56 bits per heavy atom. The average Bonchev–Trinajstić information content (AvgIpc) is 2.81. The van der Waals surface area contributed by atoms with Gasteiger partial charge >= 0.3 is 0 Å². The molecule has 0 radical (unpaired) electrons. The number of carbonyl (C=O) groups is 1. The molecule has 1 unspecified atom stereocenters. The van der Waals surface area contributed by atoms with Crippen LogP contribution in [0.4, 0.5) is 0 Å². The highest BCUT2D eigenvalue weighted by atomic mass is 32.2. The van der Waals surface area contributed by atoms with Gasteiger partial charge in [0, 0.05) is 19.5 Å². The molecule has 0 N–H and O–H groups in total. The first kappa shape index (κ1) is 13.7. The van der Waals surface area contributed by atoms with Crippen LogP contribution < -0.4 is 0 Å². The van der Waals surface area contributed by atoms with Gasteiger partial charge in [-0.1, -0.05) is 6.07 Å². The lowest BCUT2D eigenvalue weighted by Crippen LogP contribution is -2.39. The minimum absolute atomic E-state index is 0.130. The van der Waals surface area contributed by atoms with Gasteiger partial charge in [-0.15, -0.1) is 11.3 Å². The first-order chi connectivity index (χ1) is 8.47. The topological polar surface area (TPSA) is 54.5 Å². The third-order valence-electron chi connectivity index (χ3n) is 3.22. The number of piperidine rings is 1. The lowest BCUT2D eigenvalue weighted by atomic mass is 9.94. The number of Topliss-reactive ketones (excluding diaryl/α,β-unsaturated/α-hetero) is 1. The first-order valence-corrected chi connectivity index (χ1v) is 8.71. The zero-order valence-corrected chi connectivity index (χ0v) is 12.0. The van der Waals surface area contributed by atoms with E-state index in [0.717, 1.165) is 17.7 Å². The summed E-state index contributed by atoms with van der Waals surface area (Å²) in [4.78, 5) is 12.7. The molecule has 6 heteroatoms. The summed E-state index contributed by atoms with van der Waals surface area (Å²) in [7, 11) is -3.12. The number of carbonyl (C=O) groups excluding carboxylic acids is 1. The van der Waals surface area contributed by atoms with E-state index in [1.165, 1.54) is 21.9 Å². The smallest absolute Gasteiger partial charge is 0.211 e. The number of nitrogens with zero attached hydrogens (tertiary/aromatic N) is 1. The van der Waals surface area contributed by atoms with E-state index in [9.17, 15) is 13.2 Å². The Bertz CT molecular complexity index is 507. The van der Waals surface area contributed by atoms with Gasteiger partial charge in [-0.05, 0) is 30.2 Å². The maximum atomic E-state index is 12.0. The van der Waals surface area contributed by atoms with Crippen LogP contribution in [0.3, 0.4) is 0 Å². The second-order valence-electron chi connectivity index (χ2n) is 4.73. The largest absolute Gasteiger partial charge is 0.293 e. The summed E-state index contributed by atoms with van der Waals surface area (Å²) in [5, 5.41) is 1.89. The number of hydrogen-bond donors (Lipinski definition) is 0. The van der Waals surface area contributed by atoms with Gasteiger partial charge < -0.3 is 0 Å². The molecule has 1 aromatic heterocycles. The molecule has 0 spiro atoms. The highest BCUT2D eigenvalue weighted by Gasteiger charge is 2.27. The third kappa shape index (κ3) is 3.40. The van der Waals surface area contributed by atoms with Gasteiger partial charge in [-0.2, -0.15) is 0 Å². The first-order valence-electron chi connectivity index (χ1n) is 5.98. The zero-order chi connectivity index (χ0) is 13.2. The van der Waals surface area contributed by atoms with E-state index < -0.39 is 10.0 Å². The molecule has 2 heterocycles. The average molecular weight is 287 g/mol. The number of thiophene rings is 1. The van der Waals surface area contributed by atoms with Crippen LogP contribution in [0.15, 0.2) is 17.5 Å². The molecule has 1 saturated heterocycles. The summed E-state index contributed by atoms with van der Waals surface area (Å²) >= 11 is 1.44. The minimum Gasteiger partial charge on any atom is -0.293 e. The van der Waals surface area contributed by atoms with Crippen molar-refractivity contribution in [1.82, 2.24) is 4.31 Å². The Hall–Kier alpha value is -0.720. The van der Waals surface area contributed by atoms with Crippen molar-refractivity contribution in [3.8, 4) is 0 Å². The third-order valence-corrected chi connectivity index (χ3v) is 5.40. The minimum atomic E-state index is -3.12. The van der Waals surface area contributed by atoms with E-state index >= 15 is 0 Å². The molecule has 1 atom stereocenters. The quantitative estimate of drug-likeness (QED) is 0.796. The maximum absolute atomic E-state index is 12.0. The normalized spacial score (nSPS) is 21.9. The van der Waals surface area contributed by atoms with Crippen LogP contribution in [0, 0.1) is 5.92 Å². The SMILES string of the molecule is CS(=O)(=O)N1CCCC(CC(=O)c2cccs2)C1. The van der Waals surface area contributed by atoms with Crippen molar-refractivity contribution in [1.29, 1.82) is 0 Å². The lowest BCUT2D eigenvalue weighted by Gasteiger charge is -2.30. The zero-order valence-electron chi connectivity index (χ0n) is 10.3. The summed E-state index contributed by atoms with van der Waals surface area (Å²) in [6.07, 6.45) is 3.46. The molecule has 1 aromatic rings. The predicted octanol–water partition coefficient (Wildman–Crippen LogP) is 1.99. The van der Waals surface area contributed by atoms with Crippen LogP contribution in [-0.2, 0) is 10.0 Å². The van der Waals surface area contributed by atoms with E-state index in [-0.39, 0.29) is 11.7 Å². The van der Waals surface area contributed by atoms with Crippen LogP contribution in [-0.4, -0.2) is 37.9 Å². The molecule has 0 saturated carbocycles. The fourth-order valence-electron chi connectivity index (χ4n) is 2.29. The molecule has 1 aliphatic heterocycles. The fourth-order valence-corrected chi connectivity index (χ4v) is 3.91. The van der Waals surface area contributed by atoms with Gasteiger partial charge in [0.2, 0.25) is 10.0 Å². The Labute approximate surface area is 112 Å². The van der Waals surface area contributed by atoms with Crippen molar-refractivity contribution >= 4 is 27.1 Å². The number of rotatable bonds is 4. The van der Waals surface area contributed by atoms with Crippen LogP contribution in [0.5, 0.6) is 0 Å². The van der Waals surface area contributed by atoms with Crippen molar-refractivity contribution in [3.63, 3.8) is 0 Å². The molecule has 0 amide bonds. The molecule has 2 rings (SSSR count). The highest BCUT2D eigenvalue weighted by molar-refractivity contribution is 7.88. The molecule has 1 fully saturated rings. The molecular weight excluding hydrogens is 270 g/mol. The molecule has 100 valence electrons. The molecule has 18 heavy (non-hydrogen) atoms. The molecular formula is C12H17NO3S2. The molecule has 0 bridgehead atoms. The van der Waals surface area contributed by atoms with Crippen LogP contribution in [0.2, 0.25) is 0 Å². The molecule has 0 aliphatic carbocycles. The van der Waals surface area contributed by atoms with E-state index in [0.29, 0.717) is 19.5 Å². The monoisotopic (exact) mass is 287 g/mol. The van der Waals surface area contributed by atoms with E-state index in [2.05, 4.69) is 0 Å². The van der Waals surface area contributed by atoms with Gasteiger partial charge in [0.15, 0.2) is 5.78 Å². The van der Waals surface area contributed by atoms with E-state index in [1.54, 1.807) is 0 Å². The number of sulfonamides is 1. The van der Waals surface area contributed by atoms with Crippen molar-refractivity contribution in [2.75, 3.05) is 19.3 Å². The van der Waals surface area contributed by atoms with Crippen LogP contribution in [0.1, 0.15) is 28.9 Å². The summed E-state index contributed by atoms with van der Waals surface area (Å²) in [6, 6.07) is 3.69. The van der Waals surface area contributed by atoms with Crippen LogP contribution in [0.25, 0.3) is 0 Å². The lowest BCUT2D eigenvalue weighted by molar-refractivity contribution is 0.0946. The second kappa shape index (κ2) is 5.50. The summed E-state index contributed by atoms with van der Waals surface area (Å²) in [5.74, 6) is 0.286. The highest BCUT2D eigenvalue weighted by Crippen LogP contribution is 2.24. The Balaban J connectivity index is 1.96.